The molecule has 0 amide bonds. The van der Waals surface area contributed by atoms with E-state index in [1.807, 2.05) is 24.3 Å². The first-order chi connectivity index (χ1) is 13.1. The largest absolute Gasteiger partial charge is 0.337 e. The molecule has 1 N–H and O–H groups in total. The zero-order valence-corrected chi connectivity index (χ0v) is 16.9. The maximum Gasteiger partial charge on any atom is 0.244 e. The van der Waals surface area contributed by atoms with Gasteiger partial charge in [-0.1, -0.05) is 50.2 Å². The Morgan fingerprint density at radius 3 is 2.21 bits per heavy atom. The summed E-state index contributed by atoms with van der Waals surface area (Å²) in [7, 11) is -3.85. The van der Waals surface area contributed by atoms with Crippen molar-refractivity contribution in [2.24, 2.45) is 0 Å². The number of hydrogen-bond acceptors (Lipinski definition) is 5. The van der Waals surface area contributed by atoms with E-state index in [1.165, 1.54) is 17.7 Å². The highest BCUT2D eigenvalue weighted by atomic mass is 32.2. The quantitative estimate of drug-likeness (QED) is 0.690. The van der Waals surface area contributed by atoms with E-state index in [9.17, 15) is 12.8 Å². The van der Waals surface area contributed by atoms with E-state index in [1.54, 1.807) is 6.92 Å². The number of benzene rings is 2. The maximum atomic E-state index is 13.0. The van der Waals surface area contributed by atoms with Crippen LogP contribution in [0.5, 0.6) is 0 Å². The summed E-state index contributed by atoms with van der Waals surface area (Å²) in [5.74, 6) is 0.00916. The Bertz CT molecular complexity index is 1050. The van der Waals surface area contributed by atoms with E-state index in [4.69, 9.17) is 4.52 Å². The minimum absolute atomic E-state index is 0.0358. The third-order valence-electron chi connectivity index (χ3n) is 4.28. The average Bonchev–Trinajstić information content (AvgIpc) is 3.11. The lowest BCUT2D eigenvalue weighted by Gasteiger charge is -2.18. The number of rotatable bonds is 5. The molecule has 2 aromatic carbocycles. The molecule has 0 saturated carbocycles. The molecular formula is C20H22FN3O3S. The number of aromatic nitrogens is 2. The molecule has 0 unspecified atom stereocenters. The number of nitrogens with zero attached hydrogens (tertiary/aromatic N) is 2. The van der Waals surface area contributed by atoms with Crippen LogP contribution in [-0.2, 0) is 15.4 Å². The van der Waals surface area contributed by atoms with Gasteiger partial charge in [-0.2, -0.15) is 9.71 Å². The van der Waals surface area contributed by atoms with Crippen LogP contribution in [0.2, 0.25) is 0 Å². The van der Waals surface area contributed by atoms with Gasteiger partial charge >= 0.3 is 0 Å². The van der Waals surface area contributed by atoms with Crippen LogP contribution in [0, 0.1) is 5.82 Å². The standard InChI is InChI=1S/C20H22FN3O3S/c1-13(24-28(25,26)17-11-9-16(21)10-12-17)19-22-18(23-27-19)14-5-7-15(8-6-14)20(2,3)4/h5-13,24H,1-4H3/t13-/m0/s1. The third kappa shape index (κ3) is 4.45. The smallest absolute Gasteiger partial charge is 0.244 e. The van der Waals surface area contributed by atoms with Gasteiger partial charge in [0.25, 0.3) is 0 Å². The van der Waals surface area contributed by atoms with E-state index in [0.717, 1.165) is 17.7 Å². The Kier molecular flexibility index (Phi) is 5.36. The van der Waals surface area contributed by atoms with Crippen molar-refractivity contribution in [2.75, 3.05) is 0 Å². The molecular weight excluding hydrogens is 381 g/mol. The highest BCUT2D eigenvalue weighted by Crippen LogP contribution is 2.26. The fourth-order valence-electron chi connectivity index (χ4n) is 2.61. The van der Waals surface area contributed by atoms with Crippen LogP contribution in [-0.4, -0.2) is 18.6 Å². The third-order valence-corrected chi connectivity index (χ3v) is 5.83. The van der Waals surface area contributed by atoms with Crippen molar-refractivity contribution in [1.82, 2.24) is 14.9 Å². The van der Waals surface area contributed by atoms with Gasteiger partial charge < -0.3 is 4.52 Å². The second-order valence-corrected chi connectivity index (χ2v) is 9.29. The van der Waals surface area contributed by atoms with Gasteiger partial charge in [0.1, 0.15) is 5.82 Å². The van der Waals surface area contributed by atoms with Crippen LogP contribution in [0.25, 0.3) is 11.4 Å². The molecule has 0 saturated heterocycles. The SMILES string of the molecule is C[C@H](NS(=O)(=O)c1ccc(F)cc1)c1nc(-c2ccc(C(C)(C)C)cc2)no1. The first kappa shape index (κ1) is 20.2. The molecule has 28 heavy (non-hydrogen) atoms. The first-order valence-corrected chi connectivity index (χ1v) is 10.3. The second-order valence-electron chi connectivity index (χ2n) is 7.58. The summed E-state index contributed by atoms with van der Waals surface area (Å²) in [6, 6.07) is 11.6. The summed E-state index contributed by atoms with van der Waals surface area (Å²) in [4.78, 5) is 4.26. The molecule has 1 heterocycles. The summed E-state index contributed by atoms with van der Waals surface area (Å²) < 4.78 is 45.5. The van der Waals surface area contributed by atoms with Gasteiger partial charge in [0.15, 0.2) is 0 Å². The average molecular weight is 403 g/mol. The predicted molar refractivity (Wildman–Crippen MR) is 104 cm³/mol. The van der Waals surface area contributed by atoms with Gasteiger partial charge in [-0.3, -0.25) is 0 Å². The summed E-state index contributed by atoms with van der Waals surface area (Å²) in [6.07, 6.45) is 0. The van der Waals surface area contributed by atoms with Gasteiger partial charge in [-0.25, -0.2) is 12.8 Å². The number of halogens is 1. The van der Waals surface area contributed by atoms with Crippen molar-refractivity contribution in [3.8, 4) is 11.4 Å². The lowest BCUT2D eigenvalue weighted by molar-refractivity contribution is 0.354. The fraction of sp³-hybridized carbons (Fsp3) is 0.300. The highest BCUT2D eigenvalue weighted by Gasteiger charge is 2.23. The predicted octanol–water partition coefficient (Wildman–Crippen LogP) is 4.21. The Morgan fingerprint density at radius 1 is 1.04 bits per heavy atom. The molecule has 3 rings (SSSR count). The summed E-state index contributed by atoms with van der Waals surface area (Å²) in [6.45, 7) is 7.98. The molecule has 3 aromatic rings. The van der Waals surface area contributed by atoms with Gasteiger partial charge in [0, 0.05) is 5.56 Å². The molecule has 1 atom stereocenters. The Balaban J connectivity index is 1.77. The van der Waals surface area contributed by atoms with Gasteiger partial charge in [0.2, 0.25) is 21.7 Å². The van der Waals surface area contributed by atoms with Crippen molar-refractivity contribution in [3.63, 3.8) is 0 Å². The maximum absolute atomic E-state index is 13.0. The molecule has 0 aliphatic rings. The molecule has 8 heteroatoms. The van der Waals surface area contributed by atoms with E-state index in [0.29, 0.717) is 5.82 Å². The minimum Gasteiger partial charge on any atom is -0.337 e. The monoisotopic (exact) mass is 403 g/mol. The molecule has 0 spiro atoms. The van der Waals surface area contributed by atoms with Crippen LogP contribution in [0.4, 0.5) is 4.39 Å². The zero-order chi connectivity index (χ0) is 20.5. The second kappa shape index (κ2) is 7.44. The normalized spacial score (nSPS) is 13.5. The summed E-state index contributed by atoms with van der Waals surface area (Å²) in [5, 5.41) is 3.94. The van der Waals surface area contributed by atoms with Gasteiger partial charge in [-0.05, 0) is 42.2 Å². The Morgan fingerprint density at radius 2 is 1.64 bits per heavy atom. The van der Waals surface area contributed by atoms with Gasteiger partial charge in [0.05, 0.1) is 10.9 Å². The van der Waals surface area contributed by atoms with Crippen molar-refractivity contribution in [2.45, 2.75) is 44.0 Å². The van der Waals surface area contributed by atoms with Crippen LogP contribution in [0.3, 0.4) is 0 Å². The van der Waals surface area contributed by atoms with E-state index >= 15 is 0 Å². The van der Waals surface area contributed by atoms with Crippen molar-refractivity contribution >= 4 is 10.0 Å². The van der Waals surface area contributed by atoms with Crippen molar-refractivity contribution in [3.05, 3.63) is 65.8 Å². The molecule has 0 aliphatic carbocycles. The van der Waals surface area contributed by atoms with Crippen LogP contribution in [0.1, 0.15) is 45.2 Å². The minimum atomic E-state index is -3.85. The van der Waals surface area contributed by atoms with Crippen molar-refractivity contribution < 1.29 is 17.3 Å². The van der Waals surface area contributed by atoms with Crippen LogP contribution < -0.4 is 4.72 Å². The molecule has 0 radical (unpaired) electrons. The molecule has 1 aromatic heterocycles. The summed E-state index contributed by atoms with van der Waals surface area (Å²) in [5.41, 5.74) is 1.99. The highest BCUT2D eigenvalue weighted by molar-refractivity contribution is 7.89. The zero-order valence-electron chi connectivity index (χ0n) is 16.1. The van der Waals surface area contributed by atoms with E-state index < -0.39 is 21.9 Å². The topological polar surface area (TPSA) is 85.1 Å². The summed E-state index contributed by atoms with van der Waals surface area (Å²) >= 11 is 0. The first-order valence-electron chi connectivity index (χ1n) is 8.79. The number of nitrogens with one attached hydrogen (secondary N) is 1. The van der Waals surface area contributed by atoms with Crippen LogP contribution >= 0.6 is 0 Å². The molecule has 0 fully saturated rings. The lowest BCUT2D eigenvalue weighted by Crippen LogP contribution is -2.27. The van der Waals surface area contributed by atoms with Gasteiger partial charge in [-0.15, -0.1) is 0 Å². The lowest BCUT2D eigenvalue weighted by atomic mass is 9.87. The molecule has 6 nitrogen and oxygen atoms in total. The van der Waals surface area contributed by atoms with E-state index in [2.05, 4.69) is 35.6 Å². The molecule has 0 aliphatic heterocycles. The Labute approximate surface area is 163 Å². The van der Waals surface area contributed by atoms with Crippen LogP contribution in [0.15, 0.2) is 57.9 Å². The molecule has 0 bridgehead atoms. The Hall–Kier alpha value is -2.58. The number of hydrogen-bond donors (Lipinski definition) is 1. The van der Waals surface area contributed by atoms with Crippen molar-refractivity contribution in [1.29, 1.82) is 0 Å². The number of sulfonamides is 1. The fourth-order valence-corrected chi connectivity index (χ4v) is 3.81. The van der Waals surface area contributed by atoms with E-state index in [-0.39, 0.29) is 16.2 Å². The molecule has 148 valence electrons.